The van der Waals surface area contributed by atoms with Crippen LogP contribution in [0.15, 0.2) is 48.8 Å². The molecule has 90 valence electrons. The minimum Gasteiger partial charge on any atom is -0.497 e. The van der Waals surface area contributed by atoms with Crippen LogP contribution in [0.2, 0.25) is 5.02 Å². The van der Waals surface area contributed by atoms with Gasteiger partial charge in [0.25, 0.3) is 0 Å². The van der Waals surface area contributed by atoms with E-state index in [4.69, 9.17) is 16.3 Å². The molecule has 0 amide bonds. The molecule has 0 fully saturated rings. The predicted octanol–water partition coefficient (Wildman–Crippen LogP) is 3.66. The minimum absolute atomic E-state index is 0.692. The Morgan fingerprint density at radius 3 is 2.89 bits per heavy atom. The van der Waals surface area contributed by atoms with E-state index in [9.17, 15) is 0 Å². The first-order chi connectivity index (χ1) is 8.76. The summed E-state index contributed by atoms with van der Waals surface area (Å²) in [4.78, 5) is 4.55. The molecule has 18 heavy (non-hydrogen) atoms. The average Bonchev–Trinajstić information content (AvgIpc) is 2.81. The van der Waals surface area contributed by atoms with Gasteiger partial charge in [0.15, 0.2) is 0 Å². The van der Waals surface area contributed by atoms with Crippen molar-refractivity contribution >= 4 is 17.2 Å². The maximum absolute atomic E-state index is 5.95. The number of imidazole rings is 1. The van der Waals surface area contributed by atoms with Gasteiger partial charge in [-0.2, -0.15) is 0 Å². The van der Waals surface area contributed by atoms with Gasteiger partial charge in [0, 0.05) is 18.0 Å². The summed E-state index contributed by atoms with van der Waals surface area (Å²) < 4.78 is 7.13. The molecule has 0 saturated carbocycles. The van der Waals surface area contributed by atoms with E-state index in [1.807, 2.05) is 53.2 Å². The van der Waals surface area contributed by atoms with Crippen molar-refractivity contribution in [2.24, 2.45) is 0 Å². The molecule has 2 aromatic heterocycles. The summed E-state index contributed by atoms with van der Waals surface area (Å²) in [5.41, 5.74) is 2.79. The Morgan fingerprint density at radius 2 is 2.06 bits per heavy atom. The van der Waals surface area contributed by atoms with Crippen molar-refractivity contribution in [3.05, 3.63) is 53.8 Å². The van der Waals surface area contributed by atoms with Crippen LogP contribution < -0.4 is 4.74 Å². The van der Waals surface area contributed by atoms with Gasteiger partial charge < -0.3 is 9.14 Å². The number of nitrogens with zero attached hydrogens (tertiary/aromatic N) is 2. The number of pyridine rings is 1. The normalized spacial score (nSPS) is 10.8. The second-order valence-corrected chi connectivity index (χ2v) is 4.41. The smallest absolute Gasteiger partial charge is 0.137 e. The minimum atomic E-state index is 0.692. The van der Waals surface area contributed by atoms with Crippen molar-refractivity contribution < 1.29 is 4.74 Å². The molecule has 0 bridgehead atoms. The van der Waals surface area contributed by atoms with E-state index in [1.165, 1.54) is 0 Å². The lowest BCUT2D eigenvalue weighted by atomic mass is 10.1. The number of hydrogen-bond donors (Lipinski definition) is 0. The fourth-order valence-corrected chi connectivity index (χ4v) is 2.05. The van der Waals surface area contributed by atoms with E-state index < -0.39 is 0 Å². The molecule has 0 atom stereocenters. The van der Waals surface area contributed by atoms with Crippen LogP contribution in [-0.2, 0) is 0 Å². The van der Waals surface area contributed by atoms with Crippen molar-refractivity contribution in [2.75, 3.05) is 7.11 Å². The standard InChI is InChI=1S/C14H11ClN2O/c1-18-12-4-2-3-10(7-12)13-9-17-8-11(15)5-6-14(17)16-13/h2-9H,1H3. The van der Waals surface area contributed by atoms with Crippen LogP contribution in [0, 0.1) is 0 Å². The SMILES string of the molecule is COc1cccc(-c2cn3cc(Cl)ccc3n2)c1. The Kier molecular flexibility index (Phi) is 2.68. The van der Waals surface area contributed by atoms with E-state index >= 15 is 0 Å². The third-order valence-corrected chi connectivity index (χ3v) is 3.00. The van der Waals surface area contributed by atoms with E-state index in [1.54, 1.807) is 7.11 Å². The number of ether oxygens (including phenoxy) is 1. The van der Waals surface area contributed by atoms with Gasteiger partial charge in [0.2, 0.25) is 0 Å². The summed E-state index contributed by atoms with van der Waals surface area (Å²) in [5, 5.41) is 0.692. The summed E-state index contributed by atoms with van der Waals surface area (Å²) in [6.07, 6.45) is 3.80. The molecule has 0 radical (unpaired) electrons. The van der Waals surface area contributed by atoms with Gasteiger partial charge in [-0.1, -0.05) is 23.7 Å². The van der Waals surface area contributed by atoms with Crippen LogP contribution in [0.4, 0.5) is 0 Å². The molecule has 0 aliphatic carbocycles. The zero-order valence-corrected chi connectivity index (χ0v) is 10.6. The van der Waals surface area contributed by atoms with Crippen molar-refractivity contribution in [2.45, 2.75) is 0 Å². The van der Waals surface area contributed by atoms with Crippen molar-refractivity contribution in [3.63, 3.8) is 0 Å². The van der Waals surface area contributed by atoms with Gasteiger partial charge in [-0.25, -0.2) is 4.98 Å². The molecule has 0 unspecified atom stereocenters. The molecule has 0 aliphatic rings. The third kappa shape index (κ3) is 1.93. The van der Waals surface area contributed by atoms with Gasteiger partial charge >= 0.3 is 0 Å². The first-order valence-electron chi connectivity index (χ1n) is 5.55. The van der Waals surface area contributed by atoms with E-state index in [-0.39, 0.29) is 0 Å². The van der Waals surface area contributed by atoms with E-state index in [2.05, 4.69) is 4.98 Å². The number of aromatic nitrogens is 2. The Bertz CT molecular complexity index is 706. The fourth-order valence-electron chi connectivity index (χ4n) is 1.89. The second kappa shape index (κ2) is 4.35. The van der Waals surface area contributed by atoms with Crippen LogP contribution >= 0.6 is 11.6 Å². The molecule has 1 aromatic carbocycles. The fraction of sp³-hybridized carbons (Fsp3) is 0.0714. The van der Waals surface area contributed by atoms with Crippen LogP contribution in [0.3, 0.4) is 0 Å². The van der Waals surface area contributed by atoms with Crippen molar-refractivity contribution in [3.8, 4) is 17.0 Å². The molecule has 0 spiro atoms. The van der Waals surface area contributed by atoms with Crippen molar-refractivity contribution in [1.82, 2.24) is 9.38 Å². The molecular formula is C14H11ClN2O. The highest BCUT2D eigenvalue weighted by Gasteiger charge is 2.05. The molecule has 0 saturated heterocycles. The lowest BCUT2D eigenvalue weighted by molar-refractivity contribution is 0.415. The van der Waals surface area contributed by atoms with Gasteiger partial charge in [-0.3, -0.25) is 0 Å². The Balaban J connectivity index is 2.13. The molecule has 0 N–H and O–H groups in total. The number of benzene rings is 1. The van der Waals surface area contributed by atoms with E-state index in [0.717, 1.165) is 22.7 Å². The summed E-state index contributed by atoms with van der Waals surface area (Å²) >= 11 is 5.95. The molecule has 0 aliphatic heterocycles. The number of hydrogen-bond acceptors (Lipinski definition) is 2. The highest BCUT2D eigenvalue weighted by atomic mass is 35.5. The molecule has 2 heterocycles. The highest BCUT2D eigenvalue weighted by molar-refractivity contribution is 6.30. The third-order valence-electron chi connectivity index (χ3n) is 2.78. The first-order valence-corrected chi connectivity index (χ1v) is 5.93. The molecule has 3 nitrogen and oxygen atoms in total. The summed E-state index contributed by atoms with van der Waals surface area (Å²) in [6, 6.07) is 11.6. The average molecular weight is 259 g/mol. The summed E-state index contributed by atoms with van der Waals surface area (Å²) in [6.45, 7) is 0. The second-order valence-electron chi connectivity index (χ2n) is 3.97. The summed E-state index contributed by atoms with van der Waals surface area (Å²) in [7, 11) is 1.66. The number of methoxy groups -OCH3 is 1. The molecule has 3 aromatic rings. The van der Waals surface area contributed by atoms with Gasteiger partial charge in [0.05, 0.1) is 17.8 Å². The number of rotatable bonds is 2. The van der Waals surface area contributed by atoms with Crippen LogP contribution in [0.5, 0.6) is 5.75 Å². The lowest BCUT2D eigenvalue weighted by Crippen LogP contribution is -1.83. The molecule has 3 rings (SSSR count). The molecular weight excluding hydrogens is 248 g/mol. The van der Waals surface area contributed by atoms with Crippen LogP contribution in [0.1, 0.15) is 0 Å². The Hall–Kier alpha value is -2.00. The lowest BCUT2D eigenvalue weighted by Gasteiger charge is -2.00. The predicted molar refractivity (Wildman–Crippen MR) is 72.2 cm³/mol. The maximum Gasteiger partial charge on any atom is 0.137 e. The number of halogens is 1. The van der Waals surface area contributed by atoms with Crippen LogP contribution in [-0.4, -0.2) is 16.5 Å². The Labute approximate surface area is 110 Å². The van der Waals surface area contributed by atoms with Gasteiger partial charge in [-0.15, -0.1) is 0 Å². The van der Waals surface area contributed by atoms with Crippen LogP contribution in [0.25, 0.3) is 16.9 Å². The van der Waals surface area contributed by atoms with Gasteiger partial charge in [-0.05, 0) is 24.3 Å². The highest BCUT2D eigenvalue weighted by Crippen LogP contribution is 2.24. The zero-order chi connectivity index (χ0) is 12.5. The monoisotopic (exact) mass is 258 g/mol. The quantitative estimate of drug-likeness (QED) is 0.701. The van der Waals surface area contributed by atoms with E-state index in [0.29, 0.717) is 5.02 Å². The first kappa shape index (κ1) is 11.1. The largest absolute Gasteiger partial charge is 0.497 e. The summed E-state index contributed by atoms with van der Waals surface area (Å²) in [5.74, 6) is 0.822. The Morgan fingerprint density at radius 1 is 1.17 bits per heavy atom. The van der Waals surface area contributed by atoms with Gasteiger partial charge in [0.1, 0.15) is 11.4 Å². The number of fused-ring (bicyclic) bond motifs is 1. The van der Waals surface area contributed by atoms with Crippen molar-refractivity contribution in [1.29, 1.82) is 0 Å². The zero-order valence-electron chi connectivity index (χ0n) is 9.80. The molecule has 4 heteroatoms. The topological polar surface area (TPSA) is 26.5 Å². The maximum atomic E-state index is 5.95.